The van der Waals surface area contributed by atoms with E-state index in [1.54, 1.807) is 21.9 Å². The molecule has 0 spiro atoms. The molecule has 0 aromatic heterocycles. The Labute approximate surface area is 430 Å². The number of fused-ring (bicyclic) bond motifs is 9. The summed E-state index contributed by atoms with van der Waals surface area (Å²) in [7, 11) is -4.25. The number of carbonyl (C=O) groups is 2. The number of hydrogen-bond acceptors (Lipinski definition) is 10. The number of amides is 2. The molecule has 6 N–H and O–H groups in total. The zero-order chi connectivity index (χ0) is 46.8. The molecule has 6 aromatic carbocycles. The zero-order valence-electron chi connectivity index (χ0n) is 38.8. The Bertz CT molecular complexity index is 2620. The second-order valence-corrected chi connectivity index (χ2v) is 21.4. The van der Waals surface area contributed by atoms with E-state index in [0.29, 0.717) is 37.7 Å². The van der Waals surface area contributed by atoms with Crippen LogP contribution in [0.25, 0.3) is 32.7 Å². The number of nitrogens with two attached hydrogens (primary N) is 2. The van der Waals surface area contributed by atoms with E-state index in [4.69, 9.17) is 30.0 Å². The van der Waals surface area contributed by atoms with E-state index in [0.717, 1.165) is 76.7 Å². The van der Waals surface area contributed by atoms with Crippen LogP contribution in [0.5, 0.6) is 11.5 Å². The van der Waals surface area contributed by atoms with Crippen molar-refractivity contribution in [1.29, 1.82) is 0 Å². The SMILES string of the molecule is CC(C)(C)OC(=O)N1CC[C@@H](N)c2ccc(Br)cc2C1.CC(C)(C)OC(=O)N1CC[C@@H](N)c2ccc(Br)cc2C1.O=P1(O)Oc2ccc3ccccc3c2-c2c(ccc3ccccc23)O1.[Na+].[OH-]. The predicted molar refractivity (Wildman–Crippen MR) is 265 cm³/mol. The Morgan fingerprint density at radius 1 is 0.642 bits per heavy atom. The molecule has 0 aliphatic carbocycles. The van der Waals surface area contributed by atoms with Gasteiger partial charge in [-0.15, -0.1) is 0 Å². The van der Waals surface area contributed by atoms with Crippen LogP contribution in [-0.2, 0) is 27.1 Å². The Morgan fingerprint density at radius 2 is 1.01 bits per heavy atom. The van der Waals surface area contributed by atoms with E-state index in [1.165, 1.54) is 0 Å². The van der Waals surface area contributed by atoms with Crippen LogP contribution < -0.4 is 50.1 Å². The number of phosphoric acid groups is 1. The predicted octanol–water partition coefficient (Wildman–Crippen LogP) is 9.54. The van der Waals surface area contributed by atoms with Gasteiger partial charge in [0.25, 0.3) is 0 Å². The quantitative estimate of drug-likeness (QED) is 0.0968. The van der Waals surface area contributed by atoms with Crippen molar-refractivity contribution in [2.45, 2.75) is 90.8 Å². The third-order valence-corrected chi connectivity index (χ3v) is 12.8. The molecule has 0 radical (unpaired) electrons. The number of hydrogen-bond donors (Lipinski definition) is 3. The summed E-state index contributed by atoms with van der Waals surface area (Å²) in [5, 5.41) is 3.95. The summed E-state index contributed by atoms with van der Waals surface area (Å²) in [5.41, 5.74) is 17.4. The van der Waals surface area contributed by atoms with E-state index in [1.807, 2.05) is 139 Å². The summed E-state index contributed by atoms with van der Waals surface area (Å²) in [6, 6.07) is 35.0. The minimum Gasteiger partial charge on any atom is -0.870 e. The monoisotopic (exact) mass is 1070 g/mol. The number of ether oxygens (including phenoxy) is 2. The molecule has 0 saturated carbocycles. The van der Waals surface area contributed by atoms with E-state index < -0.39 is 19.0 Å². The van der Waals surface area contributed by atoms with Gasteiger partial charge in [0, 0.05) is 58.3 Å². The van der Waals surface area contributed by atoms with Gasteiger partial charge >= 0.3 is 49.6 Å². The Kier molecular flexibility index (Phi) is 17.9. The summed E-state index contributed by atoms with van der Waals surface area (Å²) < 4.78 is 36.0. The van der Waals surface area contributed by atoms with E-state index >= 15 is 0 Å². The molecule has 3 aliphatic heterocycles. The number of nitrogens with zero attached hydrogens (tertiary/aromatic N) is 2. The van der Waals surface area contributed by atoms with Gasteiger partial charge < -0.3 is 45.3 Å². The van der Waals surface area contributed by atoms with Crippen LogP contribution in [0.3, 0.4) is 0 Å². The summed E-state index contributed by atoms with van der Waals surface area (Å²) in [6.45, 7) is 13.5. The van der Waals surface area contributed by atoms with Crippen LogP contribution in [-0.4, -0.2) is 56.6 Å². The van der Waals surface area contributed by atoms with Crippen molar-refractivity contribution in [3.8, 4) is 22.6 Å². The van der Waals surface area contributed by atoms with Gasteiger partial charge in [-0.2, -0.15) is 0 Å². The number of carbonyl (C=O) groups excluding carboxylic acids is 2. The first-order valence-electron chi connectivity index (χ1n) is 21.4. The van der Waals surface area contributed by atoms with Crippen molar-refractivity contribution in [3.05, 3.63) is 140 Å². The standard InChI is InChI=1S/C20H13O4P.2C15H21BrN2O2.Na.H2O/c21-25(22)23-17-11-9-13-5-1-3-7-15(13)19(17)20-16-8-4-2-6-14(16)10-12-18(20)24-25;2*1-15(2,3)20-14(19)18-7-6-13(17)12-5-4-11(16)8-10(12)9-18;;/h1-12H,(H,21,22);2*4-5,8,13H,6-7,9,17H2,1-3H3;;1H2/q;;;+1;/p-1/t;2*13-;;/m.11../s1. The van der Waals surface area contributed by atoms with Crippen LogP contribution >= 0.6 is 39.7 Å². The van der Waals surface area contributed by atoms with Gasteiger partial charge in [0.05, 0.1) is 0 Å². The molecule has 9 rings (SSSR count). The summed E-state index contributed by atoms with van der Waals surface area (Å²) in [5.74, 6) is 0.694. The molecule has 3 heterocycles. The smallest absolute Gasteiger partial charge is 0.870 e. The minimum atomic E-state index is -4.25. The fourth-order valence-corrected chi connectivity index (χ4v) is 9.67. The largest absolute Gasteiger partial charge is 1.00 e. The second-order valence-electron chi connectivity index (χ2n) is 18.3. The van der Waals surface area contributed by atoms with Crippen LogP contribution in [0.4, 0.5) is 9.59 Å². The normalized spacial score (nSPS) is 17.1. The molecule has 67 heavy (non-hydrogen) atoms. The number of benzene rings is 6. The maximum Gasteiger partial charge on any atom is 1.00 e. The molecular formula is C50H56Br2N4NaO9P. The average molecular weight is 1070 g/mol. The number of rotatable bonds is 0. The van der Waals surface area contributed by atoms with Crippen molar-refractivity contribution >= 4 is 73.4 Å². The van der Waals surface area contributed by atoms with Gasteiger partial charge in [0.15, 0.2) is 0 Å². The number of halogens is 2. The van der Waals surface area contributed by atoms with Crippen molar-refractivity contribution in [3.63, 3.8) is 0 Å². The third-order valence-electron chi connectivity index (χ3n) is 10.9. The Hall–Kier alpha value is -3.99. The van der Waals surface area contributed by atoms with Gasteiger partial charge in [-0.25, -0.2) is 14.2 Å². The first kappa shape index (κ1) is 54.0. The zero-order valence-corrected chi connectivity index (χ0v) is 44.9. The Balaban J connectivity index is 0.000000187. The second kappa shape index (κ2) is 22.2. The van der Waals surface area contributed by atoms with Gasteiger partial charge in [-0.3, -0.25) is 4.89 Å². The minimum absolute atomic E-state index is 0. The van der Waals surface area contributed by atoms with Crippen molar-refractivity contribution in [2.24, 2.45) is 11.5 Å². The molecule has 0 bridgehead atoms. The topological polar surface area (TPSA) is 197 Å². The van der Waals surface area contributed by atoms with Crippen LogP contribution in [0.2, 0.25) is 0 Å². The molecule has 6 aromatic rings. The number of phosphoric ester groups is 1. The van der Waals surface area contributed by atoms with Gasteiger partial charge in [-0.05, 0) is 135 Å². The molecule has 2 atom stereocenters. The van der Waals surface area contributed by atoms with Crippen molar-refractivity contribution in [2.75, 3.05) is 13.1 Å². The molecule has 2 amide bonds. The fraction of sp³-hybridized carbons (Fsp3) is 0.320. The van der Waals surface area contributed by atoms with Crippen LogP contribution in [0.15, 0.2) is 118 Å². The molecule has 0 unspecified atom stereocenters. The van der Waals surface area contributed by atoms with Gasteiger partial charge in [0.1, 0.15) is 22.7 Å². The van der Waals surface area contributed by atoms with E-state index in [2.05, 4.69) is 31.9 Å². The molecule has 3 aliphatic rings. The first-order chi connectivity index (χ1) is 30.6. The summed E-state index contributed by atoms with van der Waals surface area (Å²) >= 11 is 6.93. The average Bonchev–Trinajstić information content (AvgIpc) is 3.56. The molecule has 13 nitrogen and oxygen atoms in total. The van der Waals surface area contributed by atoms with Crippen molar-refractivity contribution in [1.82, 2.24) is 9.80 Å². The van der Waals surface area contributed by atoms with Crippen LogP contribution in [0.1, 0.15) is 88.7 Å². The molecule has 17 heteroatoms. The molecule has 0 fully saturated rings. The third kappa shape index (κ3) is 13.6. The summed E-state index contributed by atoms with van der Waals surface area (Å²) in [6.07, 6.45) is 0.928. The van der Waals surface area contributed by atoms with Crippen LogP contribution in [0, 0.1) is 0 Å². The van der Waals surface area contributed by atoms with Gasteiger partial charge in [-0.1, -0.05) is 105 Å². The molecular weight excluding hydrogens is 1010 g/mol. The first-order valence-corrected chi connectivity index (χ1v) is 24.5. The summed E-state index contributed by atoms with van der Waals surface area (Å²) in [4.78, 5) is 38.0. The maximum atomic E-state index is 12.4. The van der Waals surface area contributed by atoms with E-state index in [-0.39, 0.29) is 59.3 Å². The van der Waals surface area contributed by atoms with E-state index in [9.17, 15) is 19.0 Å². The molecule has 350 valence electrons. The molecule has 0 saturated heterocycles. The van der Waals surface area contributed by atoms with Gasteiger partial charge in [0.2, 0.25) is 0 Å². The maximum absolute atomic E-state index is 12.4. The van der Waals surface area contributed by atoms with Crippen molar-refractivity contribution < 1.29 is 72.6 Å². The Morgan fingerprint density at radius 3 is 1.39 bits per heavy atom. The fourth-order valence-electron chi connectivity index (χ4n) is 8.02.